The van der Waals surface area contributed by atoms with Crippen molar-refractivity contribution in [2.75, 3.05) is 18.5 Å². The van der Waals surface area contributed by atoms with E-state index in [1.165, 1.54) is 6.92 Å². The smallest absolute Gasteiger partial charge is 0.341 e. The van der Waals surface area contributed by atoms with Crippen LogP contribution in [0, 0.1) is 6.92 Å². The molecule has 0 bridgehead atoms. The number of carbonyl (C=O) groups excluding carboxylic acids is 3. The number of hydrogen-bond donors (Lipinski definition) is 2. The molecule has 2 rings (SSSR count). The van der Waals surface area contributed by atoms with E-state index in [1.54, 1.807) is 13.8 Å². The van der Waals surface area contributed by atoms with Crippen LogP contribution in [-0.4, -0.2) is 30.8 Å². The molecule has 0 saturated carbocycles. The molecule has 27 heavy (non-hydrogen) atoms. The molecule has 0 fully saturated rings. The summed E-state index contributed by atoms with van der Waals surface area (Å²) >= 11 is 1.11. The number of benzene rings is 1. The van der Waals surface area contributed by atoms with Gasteiger partial charge in [0.15, 0.2) is 12.3 Å². The third-order valence-electron chi connectivity index (χ3n) is 4.18. The van der Waals surface area contributed by atoms with E-state index in [-0.39, 0.29) is 36.4 Å². The minimum Gasteiger partial charge on any atom is -0.462 e. The van der Waals surface area contributed by atoms with Gasteiger partial charge in [0.2, 0.25) is 0 Å². The number of carbonyl (C=O) groups is 3. The fourth-order valence-corrected chi connectivity index (χ4v) is 3.85. The van der Waals surface area contributed by atoms with Crippen LogP contribution >= 0.6 is 11.3 Å². The summed E-state index contributed by atoms with van der Waals surface area (Å²) < 4.78 is 5.08. The lowest BCUT2D eigenvalue weighted by atomic mass is 10.1. The number of nitrogens with two attached hydrogens (primary N) is 1. The van der Waals surface area contributed by atoms with E-state index in [1.807, 2.05) is 42.6 Å². The van der Waals surface area contributed by atoms with Crippen molar-refractivity contribution < 1.29 is 24.4 Å². The second-order valence-corrected chi connectivity index (χ2v) is 7.24. The molecule has 3 N–H and O–H groups in total. The molecule has 0 saturated heterocycles. The predicted octanol–water partition coefficient (Wildman–Crippen LogP) is 2.70. The van der Waals surface area contributed by atoms with Crippen LogP contribution in [-0.2, 0) is 9.53 Å². The number of nitrogens with one attached hydrogen (secondary N) is 1. The van der Waals surface area contributed by atoms with Crippen molar-refractivity contribution in [3.8, 4) is 0 Å². The highest BCUT2D eigenvalue weighted by atomic mass is 32.1. The zero-order chi connectivity index (χ0) is 20.0. The minimum atomic E-state index is -0.532. The van der Waals surface area contributed by atoms with E-state index in [9.17, 15) is 14.4 Å². The molecule has 0 aliphatic heterocycles. The second-order valence-electron chi connectivity index (χ2n) is 6.22. The SMILES string of the molecule is CCOC(=O)c1c(NC(=O)C[NH2+][C@@H](C)c2ccccc2)sc(C(C)=O)c1C. The number of thiophene rings is 1. The molecule has 0 aliphatic carbocycles. The van der Waals surface area contributed by atoms with Gasteiger partial charge in [0.05, 0.1) is 17.0 Å². The Morgan fingerprint density at radius 3 is 2.48 bits per heavy atom. The Morgan fingerprint density at radius 2 is 1.89 bits per heavy atom. The standard InChI is InChI=1S/C20H24N2O4S/c1-5-26-20(25)17-12(2)18(14(4)23)27-19(17)22-16(24)11-21-13(3)15-9-7-6-8-10-15/h6-10,13,21H,5,11H2,1-4H3,(H,22,24)/p+1/t13-/m0/s1. The predicted molar refractivity (Wildman–Crippen MR) is 105 cm³/mol. The zero-order valence-electron chi connectivity index (χ0n) is 16.0. The van der Waals surface area contributed by atoms with Gasteiger partial charge in [0.1, 0.15) is 11.0 Å². The number of ketones is 1. The second kappa shape index (κ2) is 9.43. The normalized spacial score (nSPS) is 11.7. The highest BCUT2D eigenvalue weighted by Crippen LogP contribution is 2.34. The lowest BCUT2D eigenvalue weighted by Crippen LogP contribution is -2.86. The van der Waals surface area contributed by atoms with Crippen molar-refractivity contribution in [3.63, 3.8) is 0 Å². The number of anilines is 1. The van der Waals surface area contributed by atoms with Crippen LogP contribution in [0.15, 0.2) is 30.3 Å². The van der Waals surface area contributed by atoms with E-state index in [4.69, 9.17) is 4.74 Å². The van der Waals surface area contributed by atoms with E-state index in [0.717, 1.165) is 16.9 Å². The molecule has 1 aromatic heterocycles. The Morgan fingerprint density at radius 1 is 1.22 bits per heavy atom. The molecule has 6 nitrogen and oxygen atoms in total. The molecule has 144 valence electrons. The van der Waals surface area contributed by atoms with Crippen LogP contribution in [0.1, 0.15) is 58.0 Å². The van der Waals surface area contributed by atoms with Gasteiger partial charge in [-0.15, -0.1) is 11.3 Å². The van der Waals surface area contributed by atoms with Gasteiger partial charge in [-0.3, -0.25) is 9.59 Å². The Hall–Kier alpha value is -2.51. The summed E-state index contributed by atoms with van der Waals surface area (Å²) in [5.74, 6) is -0.914. The average molecular weight is 389 g/mol. The van der Waals surface area contributed by atoms with Crippen molar-refractivity contribution in [2.24, 2.45) is 0 Å². The van der Waals surface area contributed by atoms with Gasteiger partial charge in [-0.2, -0.15) is 0 Å². The van der Waals surface area contributed by atoms with E-state index in [2.05, 4.69) is 5.32 Å². The Bertz CT molecular complexity index is 830. The quantitative estimate of drug-likeness (QED) is 0.537. The van der Waals surface area contributed by atoms with Crippen molar-refractivity contribution >= 4 is 34.0 Å². The van der Waals surface area contributed by atoms with E-state index in [0.29, 0.717) is 15.4 Å². The van der Waals surface area contributed by atoms with E-state index < -0.39 is 5.97 Å². The van der Waals surface area contributed by atoms with E-state index >= 15 is 0 Å². The zero-order valence-corrected chi connectivity index (χ0v) is 16.8. The number of rotatable bonds is 8. The maximum absolute atomic E-state index is 12.4. The van der Waals surface area contributed by atoms with Gasteiger partial charge in [-0.1, -0.05) is 30.3 Å². The molecule has 2 aromatic rings. The molecule has 1 aromatic carbocycles. The maximum Gasteiger partial charge on any atom is 0.341 e. The van der Waals surface area contributed by atoms with Crippen LogP contribution in [0.3, 0.4) is 0 Å². The molecule has 1 heterocycles. The van der Waals surface area contributed by atoms with Gasteiger partial charge in [0, 0.05) is 5.56 Å². The molecular weight excluding hydrogens is 364 g/mol. The first kappa shape index (κ1) is 20.8. The minimum absolute atomic E-state index is 0.124. The first-order valence-electron chi connectivity index (χ1n) is 8.84. The maximum atomic E-state index is 12.4. The molecular formula is C20H25N2O4S+. The fourth-order valence-electron chi connectivity index (χ4n) is 2.74. The topological polar surface area (TPSA) is 89.1 Å². The van der Waals surface area contributed by atoms with Crippen LogP contribution in [0.2, 0.25) is 0 Å². The first-order valence-corrected chi connectivity index (χ1v) is 9.66. The Labute approximate surface area is 162 Å². The third kappa shape index (κ3) is 5.24. The van der Waals surface area contributed by atoms with Crippen LogP contribution < -0.4 is 10.6 Å². The number of amides is 1. The lowest BCUT2D eigenvalue weighted by molar-refractivity contribution is -0.682. The summed E-state index contributed by atoms with van der Waals surface area (Å²) in [7, 11) is 0. The third-order valence-corrected chi connectivity index (χ3v) is 5.49. The van der Waals surface area contributed by atoms with Crippen LogP contribution in [0.5, 0.6) is 0 Å². The lowest BCUT2D eigenvalue weighted by Gasteiger charge is -2.11. The molecule has 1 atom stereocenters. The molecule has 1 amide bonds. The Kier molecular flexibility index (Phi) is 7.27. The van der Waals surface area contributed by atoms with Crippen molar-refractivity contribution in [2.45, 2.75) is 33.7 Å². The summed E-state index contributed by atoms with van der Waals surface area (Å²) in [5, 5.41) is 5.05. The Balaban J connectivity index is 2.11. The van der Waals surface area contributed by atoms with Crippen molar-refractivity contribution in [1.29, 1.82) is 0 Å². The molecule has 0 aliphatic rings. The molecule has 0 unspecified atom stereocenters. The fraction of sp³-hybridized carbons (Fsp3) is 0.350. The number of quaternary nitrogens is 1. The van der Waals surface area contributed by atoms with Gasteiger partial charge in [0.25, 0.3) is 5.91 Å². The van der Waals surface area contributed by atoms with Gasteiger partial charge >= 0.3 is 5.97 Å². The molecule has 7 heteroatoms. The first-order chi connectivity index (χ1) is 12.8. The van der Waals surface area contributed by atoms with Crippen molar-refractivity contribution in [3.05, 3.63) is 51.9 Å². The summed E-state index contributed by atoms with van der Waals surface area (Å²) in [5.41, 5.74) is 1.93. The number of hydrogen-bond acceptors (Lipinski definition) is 5. The van der Waals surface area contributed by atoms with Gasteiger partial charge in [-0.25, -0.2) is 4.79 Å². The van der Waals surface area contributed by atoms with Crippen LogP contribution in [0.4, 0.5) is 5.00 Å². The largest absolute Gasteiger partial charge is 0.462 e. The highest BCUT2D eigenvalue weighted by molar-refractivity contribution is 7.18. The summed E-state index contributed by atoms with van der Waals surface area (Å²) in [4.78, 5) is 36.9. The molecule has 0 spiro atoms. The number of esters is 1. The summed E-state index contributed by atoms with van der Waals surface area (Å²) in [6, 6.07) is 10.0. The van der Waals surface area contributed by atoms with Crippen molar-refractivity contribution in [1.82, 2.24) is 0 Å². The molecule has 0 radical (unpaired) electrons. The monoisotopic (exact) mass is 389 g/mol. The summed E-state index contributed by atoms with van der Waals surface area (Å²) in [6.07, 6.45) is 0. The average Bonchev–Trinajstić information content (AvgIpc) is 2.97. The van der Waals surface area contributed by atoms with Gasteiger partial charge in [-0.05, 0) is 33.3 Å². The number of Topliss-reactive ketones (excluding diaryl/α,β-unsaturated/α-hetero) is 1. The van der Waals surface area contributed by atoms with Crippen LogP contribution in [0.25, 0.3) is 0 Å². The summed E-state index contributed by atoms with van der Waals surface area (Å²) in [6.45, 7) is 7.29. The highest BCUT2D eigenvalue weighted by Gasteiger charge is 2.25. The van der Waals surface area contributed by atoms with Gasteiger partial charge < -0.3 is 15.4 Å². The number of ether oxygens (including phenoxy) is 1.